The van der Waals surface area contributed by atoms with Gasteiger partial charge in [-0.05, 0) is 19.1 Å². The summed E-state index contributed by atoms with van der Waals surface area (Å²) in [5, 5.41) is 0.297. The summed E-state index contributed by atoms with van der Waals surface area (Å²) >= 11 is 6.42. The van der Waals surface area contributed by atoms with Crippen molar-refractivity contribution in [3.8, 4) is 0 Å². The van der Waals surface area contributed by atoms with Crippen LogP contribution in [0.5, 0.6) is 0 Å². The molecule has 0 aliphatic carbocycles. The molecule has 13 heavy (non-hydrogen) atoms. The standard InChI is InChI=1S/C7H7ClFNO2S/c1-4-6(9)2-5(8)3-7(4)13-12-11-10/h2-3H,10H2,1H3. The summed E-state index contributed by atoms with van der Waals surface area (Å²) in [4.78, 5) is 4.40. The Morgan fingerprint density at radius 2 is 2.23 bits per heavy atom. The van der Waals surface area contributed by atoms with Gasteiger partial charge in [0.05, 0.1) is 12.0 Å². The van der Waals surface area contributed by atoms with Gasteiger partial charge in [0, 0.05) is 15.5 Å². The minimum Gasteiger partial charge on any atom is -0.207 e. The molecular formula is C7H7ClFNO2S. The van der Waals surface area contributed by atoms with Crippen LogP contribution in [0.25, 0.3) is 0 Å². The molecule has 1 aromatic rings. The first-order valence-electron chi connectivity index (χ1n) is 3.31. The summed E-state index contributed by atoms with van der Waals surface area (Å²) in [6.45, 7) is 1.61. The van der Waals surface area contributed by atoms with Gasteiger partial charge < -0.3 is 0 Å². The second-order valence-corrected chi connectivity index (χ2v) is 3.44. The normalized spacial score (nSPS) is 10.5. The Hall–Kier alpha value is -0.330. The zero-order chi connectivity index (χ0) is 9.84. The second-order valence-electron chi connectivity index (χ2n) is 2.26. The summed E-state index contributed by atoms with van der Waals surface area (Å²) in [7, 11) is 0. The van der Waals surface area contributed by atoms with Crippen LogP contribution in [0.1, 0.15) is 5.56 Å². The van der Waals surface area contributed by atoms with Crippen LogP contribution < -0.4 is 5.90 Å². The molecule has 0 radical (unpaired) electrons. The summed E-state index contributed by atoms with van der Waals surface area (Å²) in [5.74, 6) is 4.24. The molecule has 6 heteroatoms. The molecule has 0 aliphatic heterocycles. The lowest BCUT2D eigenvalue weighted by Gasteiger charge is -2.04. The summed E-state index contributed by atoms with van der Waals surface area (Å²) in [6, 6.07) is 2.79. The van der Waals surface area contributed by atoms with E-state index < -0.39 is 5.82 Å². The maximum atomic E-state index is 13.0. The molecule has 72 valence electrons. The van der Waals surface area contributed by atoms with Gasteiger partial charge in [-0.1, -0.05) is 11.6 Å². The molecule has 0 amide bonds. The van der Waals surface area contributed by atoms with E-state index in [0.717, 1.165) is 12.0 Å². The van der Waals surface area contributed by atoms with Crippen molar-refractivity contribution in [2.24, 2.45) is 5.90 Å². The summed E-state index contributed by atoms with van der Waals surface area (Å²) in [6.07, 6.45) is 0. The number of rotatable bonds is 3. The van der Waals surface area contributed by atoms with Crippen molar-refractivity contribution in [1.82, 2.24) is 0 Å². The third kappa shape index (κ3) is 2.82. The van der Waals surface area contributed by atoms with E-state index in [2.05, 4.69) is 15.2 Å². The zero-order valence-corrected chi connectivity index (χ0v) is 8.29. The van der Waals surface area contributed by atoms with Gasteiger partial charge in [-0.2, -0.15) is 5.90 Å². The third-order valence-electron chi connectivity index (χ3n) is 1.42. The van der Waals surface area contributed by atoms with Gasteiger partial charge in [-0.25, -0.2) is 4.39 Å². The minimum absolute atomic E-state index is 0.297. The molecule has 0 bridgehead atoms. The molecule has 2 N–H and O–H groups in total. The molecule has 0 saturated carbocycles. The molecule has 0 spiro atoms. The van der Waals surface area contributed by atoms with Crippen molar-refractivity contribution in [3.05, 3.63) is 28.5 Å². The van der Waals surface area contributed by atoms with E-state index >= 15 is 0 Å². The number of nitrogens with two attached hydrogens (primary N) is 1. The first-order valence-corrected chi connectivity index (χ1v) is 4.43. The average Bonchev–Trinajstić information content (AvgIpc) is 2.09. The number of halogens is 2. The van der Waals surface area contributed by atoms with Crippen molar-refractivity contribution in [2.75, 3.05) is 0 Å². The van der Waals surface area contributed by atoms with Gasteiger partial charge in [0.1, 0.15) is 5.82 Å². The Bertz CT molecular complexity index is 311. The Morgan fingerprint density at radius 1 is 1.54 bits per heavy atom. The summed E-state index contributed by atoms with van der Waals surface area (Å²) in [5.41, 5.74) is 0.437. The van der Waals surface area contributed by atoms with Crippen LogP contribution in [0.3, 0.4) is 0 Å². The van der Waals surface area contributed by atoms with E-state index in [0.29, 0.717) is 15.5 Å². The van der Waals surface area contributed by atoms with Gasteiger partial charge >= 0.3 is 0 Å². The average molecular weight is 224 g/mol. The molecule has 3 nitrogen and oxygen atoms in total. The van der Waals surface area contributed by atoms with Crippen molar-refractivity contribution in [3.63, 3.8) is 0 Å². The van der Waals surface area contributed by atoms with Crippen LogP contribution in [-0.4, -0.2) is 0 Å². The fraction of sp³-hybridized carbons (Fsp3) is 0.143. The Kier molecular flexibility index (Phi) is 3.95. The van der Waals surface area contributed by atoms with Crippen LogP contribution in [0, 0.1) is 12.7 Å². The first kappa shape index (κ1) is 10.7. The largest absolute Gasteiger partial charge is 0.207 e. The molecule has 0 saturated heterocycles. The van der Waals surface area contributed by atoms with E-state index in [9.17, 15) is 4.39 Å². The minimum atomic E-state index is -0.393. The highest BCUT2D eigenvalue weighted by Crippen LogP contribution is 2.28. The molecule has 0 heterocycles. The van der Waals surface area contributed by atoms with Crippen molar-refractivity contribution in [2.45, 2.75) is 11.8 Å². The molecule has 0 aliphatic rings. The second kappa shape index (κ2) is 4.78. The number of hydrogen-bond acceptors (Lipinski definition) is 4. The van der Waals surface area contributed by atoms with Gasteiger partial charge in [0.2, 0.25) is 0 Å². The molecule has 0 fully saturated rings. The third-order valence-corrected chi connectivity index (χ3v) is 2.39. The lowest BCUT2D eigenvalue weighted by Crippen LogP contribution is -1.95. The molecule has 1 aromatic carbocycles. The van der Waals surface area contributed by atoms with Gasteiger partial charge in [-0.3, -0.25) is 0 Å². The van der Waals surface area contributed by atoms with Crippen molar-refractivity contribution >= 4 is 23.6 Å². The maximum absolute atomic E-state index is 13.0. The van der Waals surface area contributed by atoms with Crippen LogP contribution in [-0.2, 0) is 9.32 Å². The monoisotopic (exact) mass is 223 g/mol. The lowest BCUT2D eigenvalue weighted by atomic mass is 10.2. The molecule has 0 unspecified atom stereocenters. The fourth-order valence-electron chi connectivity index (χ4n) is 0.765. The highest BCUT2D eigenvalue weighted by atomic mass is 35.5. The highest BCUT2D eigenvalue weighted by Gasteiger charge is 2.07. The topological polar surface area (TPSA) is 44.5 Å². The SMILES string of the molecule is Cc1c(F)cc(Cl)cc1SOON. The van der Waals surface area contributed by atoms with Gasteiger partial charge in [0.25, 0.3) is 0 Å². The number of hydrogen-bond donors (Lipinski definition) is 1. The molecular weight excluding hydrogens is 217 g/mol. The highest BCUT2D eigenvalue weighted by molar-refractivity contribution is 7.94. The lowest BCUT2D eigenvalue weighted by molar-refractivity contribution is -0.195. The van der Waals surface area contributed by atoms with Crippen LogP contribution in [0.4, 0.5) is 4.39 Å². The first-order chi connectivity index (χ1) is 6.15. The van der Waals surface area contributed by atoms with Gasteiger partial charge in [0.15, 0.2) is 0 Å². The number of benzene rings is 1. The van der Waals surface area contributed by atoms with Gasteiger partial charge in [-0.15, -0.1) is 9.32 Å². The fourth-order valence-corrected chi connectivity index (χ4v) is 1.54. The Labute approximate surface area is 84.0 Å². The Balaban J connectivity index is 2.92. The van der Waals surface area contributed by atoms with E-state index in [1.165, 1.54) is 6.07 Å². The molecule has 0 atom stereocenters. The predicted octanol–water partition coefficient (Wildman–Crippen LogP) is 2.62. The smallest absolute Gasteiger partial charge is 0.128 e. The predicted molar refractivity (Wildman–Crippen MR) is 48.4 cm³/mol. The molecule has 0 aromatic heterocycles. The van der Waals surface area contributed by atoms with Crippen LogP contribution in [0.15, 0.2) is 17.0 Å². The van der Waals surface area contributed by atoms with Crippen molar-refractivity contribution < 1.29 is 13.7 Å². The zero-order valence-electron chi connectivity index (χ0n) is 6.71. The molecule has 1 rings (SSSR count). The maximum Gasteiger partial charge on any atom is 0.128 e. The van der Waals surface area contributed by atoms with E-state index in [1.54, 1.807) is 13.0 Å². The van der Waals surface area contributed by atoms with E-state index in [1.807, 2.05) is 0 Å². The van der Waals surface area contributed by atoms with E-state index in [4.69, 9.17) is 11.6 Å². The van der Waals surface area contributed by atoms with Crippen molar-refractivity contribution in [1.29, 1.82) is 0 Å². The van der Waals surface area contributed by atoms with E-state index in [-0.39, 0.29) is 0 Å². The van der Waals surface area contributed by atoms with Crippen LogP contribution >= 0.6 is 23.6 Å². The Morgan fingerprint density at radius 3 is 2.85 bits per heavy atom. The van der Waals surface area contributed by atoms with Crippen LogP contribution in [0.2, 0.25) is 5.02 Å². The summed E-state index contributed by atoms with van der Waals surface area (Å²) < 4.78 is 17.4. The quantitative estimate of drug-likeness (QED) is 0.486.